The number of rotatable bonds is 42. The molecule has 432 valence electrons. The first-order valence-electron chi connectivity index (χ1n) is 25.0. The number of primary amides is 1. The summed E-state index contributed by atoms with van der Waals surface area (Å²) in [5, 5.41) is 65.1. The normalized spacial score (nSPS) is 12.2. The van der Waals surface area contributed by atoms with E-state index in [1.165, 1.54) is 47.3 Å². The number of carbonyl (C=O) groups excluding carboxylic acids is 8. The standard InChI is InChI=1S/C48H73N13O17/c1-31(62)56-36(7-3-5-15-51-40(66)24-54-39(65)13-12-38(64)53-17-14-33-23-50-30-55-33)47(77)58-37(22-32-8-10-34(63)11-9-32)48(78)57-35(46(49)76)6-2-4-16-52-41(67)25-60(27-43(70)71)20-18-59(26-42(68)69)19-21-61(28-44(72)73)29-45(74)75/h8-11,23,30,35-37,63H,2-7,12-22,24-29H2,1H3,(H2,49,76)(H,50,55)(H,51,66)(H,52,67)(H,53,64)(H,54,65)(H,56,62)(H,57,78)(H,58,77)(H,68,69)(H,70,71)(H,72,73)(H,74,75)/t35-,36-,37+/m0/s1. The molecule has 0 saturated carbocycles. The zero-order valence-corrected chi connectivity index (χ0v) is 43.5. The smallest absolute Gasteiger partial charge is 0.317 e. The van der Waals surface area contributed by atoms with E-state index in [1.807, 2.05) is 0 Å². The van der Waals surface area contributed by atoms with Gasteiger partial charge in [-0.3, -0.25) is 72.2 Å². The molecular formula is C48H73N13O17. The molecule has 8 amide bonds. The van der Waals surface area contributed by atoms with Crippen LogP contribution >= 0.6 is 0 Å². The lowest BCUT2D eigenvalue weighted by atomic mass is 10.0. The monoisotopic (exact) mass is 1100 g/mol. The fourth-order valence-electron chi connectivity index (χ4n) is 7.51. The summed E-state index contributed by atoms with van der Waals surface area (Å²) in [4.78, 5) is 158. The molecule has 0 unspecified atom stereocenters. The van der Waals surface area contributed by atoms with Gasteiger partial charge >= 0.3 is 23.9 Å². The van der Waals surface area contributed by atoms with Crippen LogP contribution in [-0.4, -0.2) is 225 Å². The van der Waals surface area contributed by atoms with Gasteiger partial charge in [-0.15, -0.1) is 0 Å². The lowest BCUT2D eigenvalue weighted by molar-refractivity contribution is -0.143. The Morgan fingerprint density at radius 1 is 0.564 bits per heavy atom. The van der Waals surface area contributed by atoms with E-state index in [2.05, 4.69) is 47.2 Å². The van der Waals surface area contributed by atoms with Crippen LogP contribution in [0, 0.1) is 0 Å². The molecule has 1 heterocycles. The summed E-state index contributed by atoms with van der Waals surface area (Å²) in [5.74, 6) is -10.1. The van der Waals surface area contributed by atoms with Gasteiger partial charge < -0.3 is 73.5 Å². The summed E-state index contributed by atoms with van der Waals surface area (Å²) in [6, 6.07) is 2.04. The van der Waals surface area contributed by atoms with Gasteiger partial charge in [0.05, 0.1) is 45.6 Å². The number of aliphatic carboxylic acids is 4. The summed E-state index contributed by atoms with van der Waals surface area (Å²) in [7, 11) is 0. The Labute approximate surface area is 449 Å². The Morgan fingerprint density at radius 3 is 1.56 bits per heavy atom. The van der Waals surface area contributed by atoms with Crippen molar-refractivity contribution in [3.8, 4) is 5.75 Å². The first-order valence-corrected chi connectivity index (χ1v) is 25.0. The fraction of sp³-hybridized carbons (Fsp3) is 0.562. The number of phenols is 1. The van der Waals surface area contributed by atoms with Gasteiger partial charge in [-0.25, -0.2) is 4.98 Å². The molecule has 78 heavy (non-hydrogen) atoms. The lowest BCUT2D eigenvalue weighted by Gasteiger charge is -2.27. The molecule has 0 saturated heterocycles. The van der Waals surface area contributed by atoms with Crippen LogP contribution in [0.25, 0.3) is 0 Å². The van der Waals surface area contributed by atoms with E-state index in [0.717, 1.165) is 10.6 Å². The molecule has 0 aliphatic heterocycles. The molecule has 3 atom stereocenters. The molecule has 1 aromatic carbocycles. The number of phenolic OH excluding ortho intramolecular Hbond substituents is 1. The first kappa shape index (κ1) is 65.9. The molecular weight excluding hydrogens is 1030 g/mol. The Bertz CT molecular complexity index is 2290. The third-order valence-corrected chi connectivity index (χ3v) is 11.4. The molecule has 30 nitrogen and oxygen atoms in total. The topological polar surface area (TPSA) is 455 Å². The van der Waals surface area contributed by atoms with E-state index in [4.69, 9.17) is 15.9 Å². The van der Waals surface area contributed by atoms with Crippen LogP contribution in [0.1, 0.15) is 69.5 Å². The number of H-pyrrole nitrogens is 1. The van der Waals surface area contributed by atoms with Gasteiger partial charge in [-0.05, 0) is 56.2 Å². The van der Waals surface area contributed by atoms with Gasteiger partial charge in [0.1, 0.15) is 23.9 Å². The van der Waals surface area contributed by atoms with Crippen molar-refractivity contribution in [1.29, 1.82) is 0 Å². The van der Waals surface area contributed by atoms with Crippen molar-refractivity contribution in [3.63, 3.8) is 0 Å². The Morgan fingerprint density at radius 2 is 1.04 bits per heavy atom. The minimum Gasteiger partial charge on any atom is -0.508 e. The molecule has 1 aromatic heterocycles. The number of hydrogen-bond acceptors (Lipinski definition) is 17. The van der Waals surface area contributed by atoms with Crippen molar-refractivity contribution in [2.24, 2.45) is 5.73 Å². The Balaban J connectivity index is 1.93. The molecule has 0 spiro atoms. The van der Waals surface area contributed by atoms with Gasteiger partial charge in [0.2, 0.25) is 47.3 Å². The van der Waals surface area contributed by atoms with Crippen LogP contribution in [0.3, 0.4) is 0 Å². The highest BCUT2D eigenvalue weighted by atomic mass is 16.4. The number of nitrogens with zero attached hydrogens (tertiary/aromatic N) is 4. The van der Waals surface area contributed by atoms with Crippen LogP contribution in [0.4, 0.5) is 0 Å². The third-order valence-electron chi connectivity index (χ3n) is 11.4. The van der Waals surface area contributed by atoms with E-state index in [-0.39, 0.29) is 102 Å². The zero-order chi connectivity index (χ0) is 58.0. The molecule has 0 bridgehead atoms. The number of hydrogen-bond donors (Lipinski definition) is 14. The van der Waals surface area contributed by atoms with E-state index in [9.17, 15) is 72.9 Å². The average molecular weight is 1100 g/mol. The Hall–Kier alpha value is -8.25. The van der Waals surface area contributed by atoms with Gasteiger partial charge in [-0.2, -0.15) is 0 Å². The average Bonchev–Trinajstić information content (AvgIpc) is 3.88. The highest BCUT2D eigenvalue weighted by molar-refractivity contribution is 5.94. The van der Waals surface area contributed by atoms with Crippen LogP contribution < -0.4 is 43.0 Å². The second-order valence-electron chi connectivity index (χ2n) is 18.1. The van der Waals surface area contributed by atoms with Crippen molar-refractivity contribution in [1.82, 2.24) is 61.9 Å². The molecule has 15 N–H and O–H groups in total. The fourth-order valence-corrected chi connectivity index (χ4v) is 7.51. The second-order valence-corrected chi connectivity index (χ2v) is 18.1. The summed E-state index contributed by atoms with van der Waals surface area (Å²) in [6.07, 6.45) is 4.58. The number of carboxylic acid groups (broad SMARTS) is 4. The van der Waals surface area contributed by atoms with E-state index in [0.29, 0.717) is 31.4 Å². The van der Waals surface area contributed by atoms with E-state index < -0.39 is 116 Å². The number of aromatic nitrogens is 2. The number of carboxylic acids is 4. The van der Waals surface area contributed by atoms with Crippen LogP contribution in [0.2, 0.25) is 0 Å². The quantitative estimate of drug-likeness (QED) is 0.0280. The first-order chi connectivity index (χ1) is 37.0. The number of amides is 8. The van der Waals surface area contributed by atoms with Crippen LogP contribution in [-0.2, 0) is 70.4 Å². The number of aromatic amines is 1. The highest BCUT2D eigenvalue weighted by Gasteiger charge is 2.29. The number of nitrogens with two attached hydrogens (primary N) is 1. The van der Waals surface area contributed by atoms with Crippen molar-refractivity contribution < 1.29 is 83.1 Å². The lowest BCUT2D eigenvalue weighted by Crippen LogP contribution is -2.57. The SMILES string of the molecule is CC(=O)N[C@@H](CCCCNC(=O)CNC(=O)CCC(=O)NCCc1cnc[nH]1)C(=O)N[C@H](Cc1ccc(O)cc1)C(=O)N[C@@H](CCCCNC(=O)CN(CCN(CCN(CC(=O)O)CC(=O)O)CC(=O)O)CC(=O)O)C(N)=O. The molecule has 0 aliphatic rings. The highest BCUT2D eigenvalue weighted by Crippen LogP contribution is 2.13. The molecule has 30 heteroatoms. The number of nitrogens with one attached hydrogen (secondary N) is 8. The molecule has 0 fully saturated rings. The maximum absolute atomic E-state index is 13.8. The predicted octanol–water partition coefficient (Wildman–Crippen LogP) is -4.31. The van der Waals surface area contributed by atoms with Crippen molar-refractivity contribution >= 4 is 71.1 Å². The van der Waals surface area contributed by atoms with Gasteiger partial charge in [0.15, 0.2) is 0 Å². The van der Waals surface area contributed by atoms with E-state index in [1.54, 1.807) is 6.20 Å². The summed E-state index contributed by atoms with van der Waals surface area (Å²) in [5.41, 5.74) is 7.00. The van der Waals surface area contributed by atoms with Crippen LogP contribution in [0.15, 0.2) is 36.8 Å². The minimum absolute atomic E-state index is 0.0117. The molecule has 0 aliphatic carbocycles. The minimum atomic E-state index is -1.33. The number of unbranched alkanes of at least 4 members (excludes halogenated alkanes) is 2. The largest absolute Gasteiger partial charge is 0.508 e. The number of benzene rings is 1. The number of carbonyl (C=O) groups is 12. The molecule has 2 rings (SSSR count). The zero-order valence-electron chi connectivity index (χ0n) is 43.5. The summed E-state index contributed by atoms with van der Waals surface area (Å²) >= 11 is 0. The van der Waals surface area contributed by atoms with Crippen molar-refractivity contribution in [2.75, 3.05) is 85.1 Å². The summed E-state index contributed by atoms with van der Waals surface area (Å²) < 4.78 is 0. The summed E-state index contributed by atoms with van der Waals surface area (Å²) in [6.45, 7) is -1.80. The maximum Gasteiger partial charge on any atom is 0.317 e. The molecule has 2 aromatic rings. The number of imidazole rings is 1. The predicted molar refractivity (Wildman–Crippen MR) is 274 cm³/mol. The van der Waals surface area contributed by atoms with Gasteiger partial charge in [0, 0.05) is 90.3 Å². The number of aromatic hydroxyl groups is 1. The van der Waals surface area contributed by atoms with Crippen LogP contribution in [0.5, 0.6) is 5.75 Å². The van der Waals surface area contributed by atoms with Crippen molar-refractivity contribution in [2.45, 2.75) is 89.3 Å². The maximum atomic E-state index is 13.8. The Kier molecular flexibility index (Phi) is 31.0. The third kappa shape index (κ3) is 31.0. The van der Waals surface area contributed by atoms with E-state index >= 15 is 0 Å². The molecule has 0 radical (unpaired) electrons. The van der Waals surface area contributed by atoms with Crippen molar-refractivity contribution in [3.05, 3.63) is 48.0 Å². The van der Waals surface area contributed by atoms with Gasteiger partial charge in [-0.1, -0.05) is 12.1 Å². The van der Waals surface area contributed by atoms with Gasteiger partial charge in [0.25, 0.3) is 0 Å². The second kappa shape index (κ2) is 36.7.